The van der Waals surface area contributed by atoms with Crippen molar-refractivity contribution >= 4 is 23.3 Å². The molecule has 0 fully saturated rings. The third-order valence-corrected chi connectivity index (χ3v) is 4.55. The zero-order chi connectivity index (χ0) is 16.8. The molecule has 2 amide bonds. The predicted molar refractivity (Wildman–Crippen MR) is 89.3 cm³/mol. The Morgan fingerprint density at radius 2 is 1.91 bits per heavy atom. The first-order valence-electron chi connectivity index (χ1n) is 7.35. The first kappa shape index (κ1) is 17.2. The number of hydrogen-bond acceptors (Lipinski definition) is 4. The molecule has 6 heteroatoms. The highest BCUT2D eigenvalue weighted by molar-refractivity contribution is 7.10. The van der Waals surface area contributed by atoms with Gasteiger partial charge < -0.3 is 10.1 Å². The van der Waals surface area contributed by atoms with Crippen LogP contribution in [0.3, 0.4) is 0 Å². The Balaban J connectivity index is 2.17. The molecular formula is C17H21N2O3S+. The number of nitrogens with two attached hydrogens (primary N) is 1. The van der Waals surface area contributed by atoms with E-state index >= 15 is 0 Å². The Hall–Kier alpha value is -2.18. The summed E-state index contributed by atoms with van der Waals surface area (Å²) in [6, 6.07) is 11.9. The van der Waals surface area contributed by atoms with E-state index in [0.29, 0.717) is 0 Å². The molecule has 1 aromatic heterocycles. The van der Waals surface area contributed by atoms with E-state index in [0.717, 1.165) is 10.4 Å². The van der Waals surface area contributed by atoms with Crippen molar-refractivity contribution in [1.82, 2.24) is 5.32 Å². The minimum absolute atomic E-state index is 0.00833. The molecule has 2 rings (SSSR count). The molecule has 0 saturated carbocycles. The molecule has 2 aromatic rings. The second-order valence-electron chi connectivity index (χ2n) is 5.37. The van der Waals surface area contributed by atoms with E-state index in [1.807, 2.05) is 23.7 Å². The molecule has 3 N–H and O–H groups in total. The summed E-state index contributed by atoms with van der Waals surface area (Å²) in [6.45, 7) is 3.81. The maximum absolute atomic E-state index is 12.1. The molecule has 0 aliphatic heterocycles. The van der Waals surface area contributed by atoms with Gasteiger partial charge in [0, 0.05) is 5.56 Å². The van der Waals surface area contributed by atoms with Crippen LogP contribution in [0.25, 0.3) is 0 Å². The predicted octanol–water partition coefficient (Wildman–Crippen LogP) is 1.98. The lowest BCUT2D eigenvalue weighted by molar-refractivity contribution is -0.704. The Labute approximate surface area is 139 Å². The Morgan fingerprint density at radius 1 is 1.22 bits per heavy atom. The number of imide groups is 1. The molecule has 0 aliphatic carbocycles. The monoisotopic (exact) mass is 333 g/mol. The molecule has 0 bridgehead atoms. The smallest absolute Gasteiger partial charge is 0.413 e. The lowest BCUT2D eigenvalue weighted by Crippen LogP contribution is -2.92. The summed E-state index contributed by atoms with van der Waals surface area (Å²) in [5, 5.41) is 6.18. The summed E-state index contributed by atoms with van der Waals surface area (Å²) in [7, 11) is 1.23. The fraction of sp³-hybridized carbons (Fsp3) is 0.294. The number of alkyl carbamates (subject to hydrolysis) is 1. The number of methoxy groups -OCH3 is 1. The van der Waals surface area contributed by atoms with Gasteiger partial charge in [0.1, 0.15) is 6.04 Å². The van der Waals surface area contributed by atoms with E-state index in [2.05, 4.69) is 40.4 Å². The number of carbonyl (C=O) groups is 2. The Bertz CT molecular complexity index is 653. The molecule has 0 unspecified atom stereocenters. The lowest BCUT2D eigenvalue weighted by Gasteiger charge is -2.19. The average molecular weight is 333 g/mol. The molecule has 1 aromatic carbocycles. The van der Waals surface area contributed by atoms with Gasteiger partial charge in [-0.15, -0.1) is 11.3 Å². The first-order chi connectivity index (χ1) is 11.0. The standard InChI is InChI=1S/C17H20N2O3S/c1-11-6-8-13(9-7-11)15(14-5-4-10-23-14)18-12(2)16(20)19-17(21)22-3/h4-10,12,15,18H,1-3H3,(H,19,20,21)/p+1/t12-,15-/m0/s1. The van der Waals surface area contributed by atoms with Gasteiger partial charge in [0.25, 0.3) is 5.91 Å². The number of thiophene rings is 1. The largest absolute Gasteiger partial charge is 0.453 e. The van der Waals surface area contributed by atoms with Crippen LogP contribution in [-0.2, 0) is 9.53 Å². The first-order valence-corrected chi connectivity index (χ1v) is 8.23. The number of benzene rings is 1. The third-order valence-electron chi connectivity index (χ3n) is 3.59. The number of aryl methyl sites for hydroxylation is 1. The van der Waals surface area contributed by atoms with Gasteiger partial charge in [0.2, 0.25) is 0 Å². The molecule has 1 heterocycles. The van der Waals surface area contributed by atoms with Gasteiger partial charge in [-0.05, 0) is 25.3 Å². The van der Waals surface area contributed by atoms with Crippen LogP contribution in [0.2, 0.25) is 0 Å². The highest BCUT2D eigenvalue weighted by Gasteiger charge is 2.26. The SMILES string of the molecule is COC(=O)NC(=O)[C@H](C)[NH2+][C@@H](c1ccc(C)cc1)c1cccs1. The van der Waals surface area contributed by atoms with Crippen LogP contribution in [0, 0.1) is 6.92 Å². The molecule has 0 aliphatic rings. The quantitative estimate of drug-likeness (QED) is 0.879. The van der Waals surface area contributed by atoms with Gasteiger partial charge >= 0.3 is 6.09 Å². The number of ether oxygens (including phenoxy) is 1. The minimum atomic E-state index is -0.738. The molecule has 0 saturated heterocycles. The second kappa shape index (κ2) is 7.89. The number of hydrogen-bond donors (Lipinski definition) is 2. The lowest BCUT2D eigenvalue weighted by atomic mass is 10.0. The van der Waals surface area contributed by atoms with Crippen LogP contribution < -0.4 is 10.6 Å². The van der Waals surface area contributed by atoms with E-state index in [4.69, 9.17) is 0 Å². The fourth-order valence-corrected chi connectivity index (χ4v) is 3.09. The van der Waals surface area contributed by atoms with Crippen LogP contribution >= 0.6 is 11.3 Å². The second-order valence-corrected chi connectivity index (χ2v) is 6.35. The van der Waals surface area contributed by atoms with Crippen molar-refractivity contribution in [3.63, 3.8) is 0 Å². The van der Waals surface area contributed by atoms with Gasteiger partial charge in [0.15, 0.2) is 6.04 Å². The molecule has 5 nitrogen and oxygen atoms in total. The fourth-order valence-electron chi connectivity index (χ4n) is 2.25. The van der Waals surface area contributed by atoms with E-state index in [1.54, 1.807) is 18.3 Å². The van der Waals surface area contributed by atoms with Crippen molar-refractivity contribution in [3.8, 4) is 0 Å². The van der Waals surface area contributed by atoms with E-state index in [1.165, 1.54) is 12.7 Å². The van der Waals surface area contributed by atoms with Gasteiger partial charge in [0.05, 0.1) is 12.0 Å². The topological polar surface area (TPSA) is 72.0 Å². The average Bonchev–Trinajstić information content (AvgIpc) is 3.07. The van der Waals surface area contributed by atoms with Crippen molar-refractivity contribution in [1.29, 1.82) is 0 Å². The Kier molecular flexibility index (Phi) is 5.90. The number of amides is 2. The molecule has 23 heavy (non-hydrogen) atoms. The highest BCUT2D eigenvalue weighted by Crippen LogP contribution is 2.23. The van der Waals surface area contributed by atoms with Crippen LogP contribution in [0.4, 0.5) is 4.79 Å². The number of rotatable bonds is 5. The van der Waals surface area contributed by atoms with Gasteiger partial charge in [-0.25, -0.2) is 4.79 Å². The summed E-state index contributed by atoms with van der Waals surface area (Å²) in [5.41, 5.74) is 2.31. The summed E-state index contributed by atoms with van der Waals surface area (Å²) in [6.07, 6.45) is -0.738. The maximum atomic E-state index is 12.1. The van der Waals surface area contributed by atoms with E-state index < -0.39 is 12.1 Å². The van der Waals surface area contributed by atoms with E-state index in [-0.39, 0.29) is 11.9 Å². The van der Waals surface area contributed by atoms with Gasteiger partial charge in [-0.1, -0.05) is 35.9 Å². The zero-order valence-electron chi connectivity index (χ0n) is 13.4. The number of carbonyl (C=O) groups excluding carboxylic acids is 2. The maximum Gasteiger partial charge on any atom is 0.413 e. The van der Waals surface area contributed by atoms with E-state index in [9.17, 15) is 9.59 Å². The summed E-state index contributed by atoms with van der Waals surface area (Å²) < 4.78 is 4.46. The summed E-state index contributed by atoms with van der Waals surface area (Å²) in [4.78, 5) is 24.4. The zero-order valence-corrected chi connectivity index (χ0v) is 14.2. The van der Waals surface area contributed by atoms with Crippen LogP contribution in [0.15, 0.2) is 41.8 Å². The molecule has 122 valence electrons. The third kappa shape index (κ3) is 4.64. The number of nitrogens with one attached hydrogen (secondary N) is 1. The van der Waals surface area contributed by atoms with Gasteiger partial charge in [-0.3, -0.25) is 10.1 Å². The van der Waals surface area contributed by atoms with Crippen molar-refractivity contribution in [3.05, 3.63) is 57.8 Å². The van der Waals surface area contributed by atoms with Crippen LogP contribution in [0.1, 0.15) is 29.0 Å². The van der Waals surface area contributed by atoms with Crippen molar-refractivity contribution in [2.45, 2.75) is 25.9 Å². The van der Waals surface area contributed by atoms with Gasteiger partial charge in [-0.2, -0.15) is 0 Å². The normalized spacial score (nSPS) is 13.2. The van der Waals surface area contributed by atoms with Crippen LogP contribution in [0.5, 0.6) is 0 Å². The van der Waals surface area contributed by atoms with Crippen molar-refractivity contribution < 1.29 is 19.6 Å². The number of quaternary nitrogens is 1. The molecule has 0 radical (unpaired) electrons. The molecule has 2 atom stereocenters. The van der Waals surface area contributed by atoms with Crippen molar-refractivity contribution in [2.24, 2.45) is 0 Å². The summed E-state index contributed by atoms with van der Waals surface area (Å²) >= 11 is 1.65. The molecule has 0 spiro atoms. The molecular weight excluding hydrogens is 312 g/mol. The Morgan fingerprint density at radius 3 is 2.48 bits per heavy atom. The summed E-state index contributed by atoms with van der Waals surface area (Å²) in [5.74, 6) is -0.370. The minimum Gasteiger partial charge on any atom is -0.453 e. The highest BCUT2D eigenvalue weighted by atomic mass is 32.1. The van der Waals surface area contributed by atoms with Crippen molar-refractivity contribution in [2.75, 3.05) is 7.11 Å². The van der Waals surface area contributed by atoms with Crippen LogP contribution in [-0.4, -0.2) is 25.2 Å².